The van der Waals surface area contributed by atoms with E-state index in [0.29, 0.717) is 34.9 Å². The normalized spacial score (nSPS) is 10.7. The van der Waals surface area contributed by atoms with E-state index in [-0.39, 0.29) is 0 Å². The lowest BCUT2D eigenvalue weighted by molar-refractivity contribution is -0.136. The number of ether oxygens (including phenoxy) is 2. The Morgan fingerprint density at radius 2 is 1.51 bits per heavy atom. The molecule has 0 saturated carbocycles. The van der Waals surface area contributed by atoms with Crippen molar-refractivity contribution < 1.29 is 23.9 Å². The van der Waals surface area contributed by atoms with Crippen molar-refractivity contribution in [3.8, 4) is 11.5 Å². The van der Waals surface area contributed by atoms with E-state index >= 15 is 0 Å². The van der Waals surface area contributed by atoms with Crippen LogP contribution in [-0.4, -0.2) is 30.6 Å². The van der Waals surface area contributed by atoms with Crippen LogP contribution in [0.4, 0.5) is 5.69 Å². The first kappa shape index (κ1) is 25.1. The Labute approximate surface area is 213 Å². The highest BCUT2D eigenvalue weighted by atomic mass is 16.5. The fourth-order valence-electron chi connectivity index (χ4n) is 3.42. The zero-order valence-corrected chi connectivity index (χ0v) is 20.1. The van der Waals surface area contributed by atoms with Gasteiger partial charge in [-0.05, 0) is 72.0 Å². The Kier molecular flexibility index (Phi) is 8.23. The largest absolute Gasteiger partial charge is 0.494 e. The summed E-state index contributed by atoms with van der Waals surface area (Å²) < 4.78 is 10.9. The zero-order chi connectivity index (χ0) is 26.0. The summed E-state index contributed by atoms with van der Waals surface area (Å²) in [5, 5.41) is 8.21. The minimum atomic E-state index is -0.902. The highest BCUT2D eigenvalue weighted by Gasteiger charge is 2.14. The van der Waals surface area contributed by atoms with Crippen LogP contribution in [-0.2, 0) is 9.59 Å². The first-order valence-electron chi connectivity index (χ1n) is 11.7. The van der Waals surface area contributed by atoms with E-state index in [0.717, 1.165) is 17.2 Å². The predicted octanol–water partition coefficient (Wildman–Crippen LogP) is 4.94. The maximum Gasteiger partial charge on any atom is 0.343 e. The number of amides is 2. The lowest BCUT2D eigenvalue weighted by Gasteiger charge is -2.07. The minimum absolute atomic E-state index is 0.354. The van der Waals surface area contributed by atoms with Crippen molar-refractivity contribution in [3.05, 3.63) is 102 Å². The molecule has 8 heteroatoms. The maximum absolute atomic E-state index is 12.4. The molecule has 0 aliphatic carbocycles. The zero-order valence-electron chi connectivity index (χ0n) is 20.1. The number of fused-ring (bicyclic) bond motifs is 1. The molecular formula is C29H25N3O5. The molecule has 186 valence electrons. The van der Waals surface area contributed by atoms with Gasteiger partial charge in [0.2, 0.25) is 0 Å². The second-order valence-electron chi connectivity index (χ2n) is 8.01. The van der Waals surface area contributed by atoms with Crippen LogP contribution in [0.25, 0.3) is 10.8 Å². The van der Waals surface area contributed by atoms with Gasteiger partial charge >= 0.3 is 17.8 Å². The van der Waals surface area contributed by atoms with E-state index in [9.17, 15) is 14.4 Å². The number of esters is 1. The van der Waals surface area contributed by atoms with Crippen molar-refractivity contribution in [2.45, 2.75) is 13.3 Å². The van der Waals surface area contributed by atoms with Gasteiger partial charge in [0.05, 0.1) is 18.4 Å². The van der Waals surface area contributed by atoms with Gasteiger partial charge in [0.25, 0.3) is 0 Å². The van der Waals surface area contributed by atoms with Crippen LogP contribution in [0.2, 0.25) is 0 Å². The SMILES string of the molecule is CCCOc1ccc(C(=O)Oc2ccc(/C=N/NC(=O)C(=O)Nc3cccc4ccccc34)cc2)cc1. The highest BCUT2D eigenvalue weighted by Crippen LogP contribution is 2.22. The Hall–Kier alpha value is -4.98. The molecule has 0 heterocycles. The maximum atomic E-state index is 12.4. The monoisotopic (exact) mass is 495 g/mol. The second kappa shape index (κ2) is 12.1. The number of nitrogens with zero attached hydrogens (tertiary/aromatic N) is 1. The Bertz CT molecular complexity index is 1430. The number of carbonyl (C=O) groups is 3. The summed E-state index contributed by atoms with van der Waals surface area (Å²) >= 11 is 0. The number of hydrogen-bond acceptors (Lipinski definition) is 6. The van der Waals surface area contributed by atoms with Gasteiger partial charge < -0.3 is 14.8 Å². The van der Waals surface area contributed by atoms with Gasteiger partial charge in [0.15, 0.2) is 0 Å². The van der Waals surface area contributed by atoms with Gasteiger partial charge in [0.1, 0.15) is 11.5 Å². The fourth-order valence-corrected chi connectivity index (χ4v) is 3.42. The first-order chi connectivity index (χ1) is 18.0. The Balaban J connectivity index is 1.28. The second-order valence-corrected chi connectivity index (χ2v) is 8.01. The molecule has 2 N–H and O–H groups in total. The number of rotatable bonds is 8. The van der Waals surface area contributed by atoms with E-state index in [2.05, 4.69) is 15.8 Å². The molecule has 0 fully saturated rings. The van der Waals surface area contributed by atoms with E-state index in [1.807, 2.05) is 37.3 Å². The lowest BCUT2D eigenvalue weighted by Crippen LogP contribution is -2.32. The third-order valence-electron chi connectivity index (χ3n) is 5.28. The Morgan fingerprint density at radius 3 is 2.27 bits per heavy atom. The van der Waals surface area contributed by atoms with Gasteiger partial charge in [-0.15, -0.1) is 0 Å². The number of hydrazone groups is 1. The smallest absolute Gasteiger partial charge is 0.343 e. The molecule has 0 atom stereocenters. The summed E-state index contributed by atoms with van der Waals surface area (Å²) in [6, 6.07) is 26.3. The summed E-state index contributed by atoms with van der Waals surface area (Å²) in [6.07, 6.45) is 2.28. The standard InChI is InChI=1S/C29H25N3O5/c1-2-18-36-23-16-12-22(13-17-23)29(35)37-24-14-10-20(11-15-24)19-30-32-28(34)27(33)31-26-9-5-7-21-6-3-4-8-25(21)26/h3-17,19H,2,18H2,1H3,(H,31,33)(H,32,34)/b30-19+. The number of hydrogen-bond donors (Lipinski definition) is 2. The van der Waals surface area contributed by atoms with Gasteiger partial charge in [-0.3, -0.25) is 9.59 Å². The molecule has 2 amide bonds. The average Bonchev–Trinajstić information content (AvgIpc) is 2.93. The summed E-state index contributed by atoms with van der Waals surface area (Å²) in [7, 11) is 0. The van der Waals surface area contributed by atoms with Crippen molar-refractivity contribution >= 4 is 40.5 Å². The van der Waals surface area contributed by atoms with Crippen LogP contribution in [0.5, 0.6) is 11.5 Å². The van der Waals surface area contributed by atoms with Crippen LogP contribution in [0.1, 0.15) is 29.3 Å². The molecule has 0 aromatic heterocycles. The molecule has 0 aliphatic rings. The number of nitrogens with one attached hydrogen (secondary N) is 2. The minimum Gasteiger partial charge on any atom is -0.494 e. The molecule has 0 spiro atoms. The molecule has 0 bridgehead atoms. The number of anilines is 1. The molecule has 37 heavy (non-hydrogen) atoms. The average molecular weight is 496 g/mol. The molecule has 4 rings (SSSR count). The van der Waals surface area contributed by atoms with Crippen LogP contribution in [0.15, 0.2) is 96.1 Å². The van der Waals surface area contributed by atoms with Crippen molar-refractivity contribution in [1.82, 2.24) is 5.43 Å². The van der Waals surface area contributed by atoms with Crippen molar-refractivity contribution in [3.63, 3.8) is 0 Å². The Morgan fingerprint density at radius 1 is 0.811 bits per heavy atom. The molecular weight excluding hydrogens is 470 g/mol. The van der Waals surface area contributed by atoms with Gasteiger partial charge in [-0.25, -0.2) is 10.2 Å². The molecule has 0 saturated heterocycles. The lowest BCUT2D eigenvalue weighted by atomic mass is 10.1. The summed E-state index contributed by atoms with van der Waals surface area (Å²) in [5.41, 5.74) is 3.78. The molecule has 4 aromatic rings. The van der Waals surface area contributed by atoms with Crippen LogP contribution in [0, 0.1) is 0 Å². The first-order valence-corrected chi connectivity index (χ1v) is 11.7. The van der Waals surface area contributed by atoms with Crippen LogP contribution in [0.3, 0.4) is 0 Å². The molecule has 0 aliphatic heterocycles. The van der Waals surface area contributed by atoms with Crippen molar-refractivity contribution in [2.24, 2.45) is 5.10 Å². The molecule has 8 nitrogen and oxygen atoms in total. The molecule has 0 unspecified atom stereocenters. The number of carbonyl (C=O) groups excluding carboxylic acids is 3. The van der Waals surface area contributed by atoms with E-state index in [4.69, 9.17) is 9.47 Å². The fraction of sp³-hybridized carbons (Fsp3) is 0.103. The summed E-state index contributed by atoms with van der Waals surface area (Å²) in [6.45, 7) is 2.63. The van der Waals surface area contributed by atoms with Crippen molar-refractivity contribution in [2.75, 3.05) is 11.9 Å². The van der Waals surface area contributed by atoms with E-state index in [1.54, 1.807) is 60.7 Å². The van der Waals surface area contributed by atoms with Crippen molar-refractivity contribution in [1.29, 1.82) is 0 Å². The topological polar surface area (TPSA) is 106 Å². The quantitative estimate of drug-likeness (QED) is 0.118. The van der Waals surface area contributed by atoms with Crippen LogP contribution < -0.4 is 20.2 Å². The molecule has 4 aromatic carbocycles. The predicted molar refractivity (Wildman–Crippen MR) is 142 cm³/mol. The molecule has 0 radical (unpaired) electrons. The van der Waals surface area contributed by atoms with Gasteiger partial charge in [0, 0.05) is 11.1 Å². The highest BCUT2D eigenvalue weighted by molar-refractivity contribution is 6.40. The number of benzene rings is 4. The van der Waals surface area contributed by atoms with Crippen LogP contribution >= 0.6 is 0 Å². The van der Waals surface area contributed by atoms with Gasteiger partial charge in [-0.1, -0.05) is 43.3 Å². The van der Waals surface area contributed by atoms with E-state index < -0.39 is 17.8 Å². The summed E-state index contributed by atoms with van der Waals surface area (Å²) in [5.74, 6) is -1.18. The third kappa shape index (κ3) is 6.79. The van der Waals surface area contributed by atoms with Gasteiger partial charge in [-0.2, -0.15) is 5.10 Å². The summed E-state index contributed by atoms with van der Waals surface area (Å²) in [4.78, 5) is 36.8. The third-order valence-corrected chi connectivity index (χ3v) is 5.28. The van der Waals surface area contributed by atoms with E-state index in [1.165, 1.54) is 6.21 Å².